The van der Waals surface area contributed by atoms with E-state index >= 15 is 0 Å². The van der Waals surface area contributed by atoms with E-state index in [0.717, 1.165) is 12.0 Å². The van der Waals surface area contributed by atoms with Crippen LogP contribution in [-0.4, -0.2) is 48.0 Å². The Morgan fingerprint density at radius 2 is 1.95 bits per heavy atom. The molecule has 0 aliphatic carbocycles. The van der Waals surface area contributed by atoms with Crippen LogP contribution in [0.25, 0.3) is 0 Å². The summed E-state index contributed by atoms with van der Waals surface area (Å²) in [6.45, 7) is 4.34. The zero-order valence-corrected chi connectivity index (χ0v) is 12.2. The van der Waals surface area contributed by atoms with Crippen LogP contribution in [0.1, 0.15) is 19.4 Å². The van der Waals surface area contributed by atoms with E-state index in [1.807, 2.05) is 26.0 Å². The highest BCUT2D eigenvalue weighted by atomic mass is 16.2. The number of nitrogens with one attached hydrogen (secondary N) is 2. The van der Waals surface area contributed by atoms with Crippen molar-refractivity contribution in [2.24, 2.45) is 0 Å². The number of hydrogen-bond donors (Lipinski definition) is 2. The SMILES string of the molecule is CC(C)NC(=O)NCC(=O)N(C)CCc1ccncc1. The molecular weight excluding hydrogens is 256 g/mol. The molecule has 0 atom stereocenters. The number of nitrogens with zero attached hydrogens (tertiary/aromatic N) is 2. The van der Waals surface area contributed by atoms with E-state index in [4.69, 9.17) is 0 Å². The monoisotopic (exact) mass is 278 g/mol. The summed E-state index contributed by atoms with van der Waals surface area (Å²) in [4.78, 5) is 28.7. The molecule has 1 aromatic heterocycles. The third-order valence-corrected chi connectivity index (χ3v) is 2.73. The number of rotatable bonds is 6. The molecule has 3 amide bonds. The smallest absolute Gasteiger partial charge is 0.315 e. The maximum absolute atomic E-state index is 11.8. The third kappa shape index (κ3) is 6.17. The van der Waals surface area contributed by atoms with Crippen molar-refractivity contribution < 1.29 is 9.59 Å². The molecule has 0 saturated carbocycles. The summed E-state index contributed by atoms with van der Waals surface area (Å²) in [5.74, 6) is -0.113. The lowest BCUT2D eigenvalue weighted by Gasteiger charge is -2.18. The minimum Gasteiger partial charge on any atom is -0.344 e. The molecule has 1 aromatic rings. The molecule has 0 radical (unpaired) electrons. The van der Waals surface area contributed by atoms with Gasteiger partial charge in [0, 0.05) is 32.0 Å². The van der Waals surface area contributed by atoms with Gasteiger partial charge in [0.1, 0.15) is 0 Å². The molecule has 6 heteroatoms. The number of carbonyl (C=O) groups excluding carboxylic acids is 2. The number of aromatic nitrogens is 1. The Morgan fingerprint density at radius 3 is 2.55 bits per heavy atom. The standard InChI is InChI=1S/C14H22N4O2/c1-11(2)17-14(20)16-10-13(19)18(3)9-6-12-4-7-15-8-5-12/h4-5,7-8,11H,6,9-10H2,1-3H3,(H2,16,17,20). The summed E-state index contributed by atoms with van der Waals surface area (Å²) < 4.78 is 0. The Balaban J connectivity index is 2.27. The van der Waals surface area contributed by atoms with Crippen LogP contribution in [0.4, 0.5) is 4.79 Å². The number of hydrogen-bond acceptors (Lipinski definition) is 3. The van der Waals surface area contributed by atoms with E-state index in [2.05, 4.69) is 15.6 Å². The minimum atomic E-state index is -0.323. The summed E-state index contributed by atoms with van der Waals surface area (Å²) in [6.07, 6.45) is 4.23. The molecule has 0 aliphatic rings. The van der Waals surface area contributed by atoms with Crippen molar-refractivity contribution >= 4 is 11.9 Å². The van der Waals surface area contributed by atoms with Crippen LogP contribution < -0.4 is 10.6 Å². The van der Waals surface area contributed by atoms with Gasteiger partial charge in [-0.25, -0.2) is 4.79 Å². The molecule has 110 valence electrons. The van der Waals surface area contributed by atoms with Crippen LogP contribution in [0.15, 0.2) is 24.5 Å². The number of amides is 3. The van der Waals surface area contributed by atoms with Crippen molar-refractivity contribution in [2.45, 2.75) is 26.3 Å². The predicted octanol–water partition coefficient (Wildman–Crippen LogP) is 0.790. The molecule has 0 unspecified atom stereocenters. The highest BCUT2D eigenvalue weighted by Gasteiger charge is 2.10. The molecule has 0 bridgehead atoms. The lowest BCUT2D eigenvalue weighted by molar-refractivity contribution is -0.128. The highest BCUT2D eigenvalue weighted by molar-refractivity contribution is 5.83. The second kappa shape index (κ2) is 8.14. The van der Waals surface area contributed by atoms with Crippen LogP contribution in [0, 0.1) is 0 Å². The first-order valence-electron chi connectivity index (χ1n) is 6.66. The molecular formula is C14H22N4O2. The average Bonchev–Trinajstić information content (AvgIpc) is 2.42. The van der Waals surface area contributed by atoms with E-state index < -0.39 is 0 Å². The van der Waals surface area contributed by atoms with E-state index in [1.54, 1.807) is 24.3 Å². The molecule has 20 heavy (non-hydrogen) atoms. The third-order valence-electron chi connectivity index (χ3n) is 2.73. The summed E-state index contributed by atoms with van der Waals surface area (Å²) in [5, 5.41) is 5.21. The van der Waals surface area contributed by atoms with Gasteiger partial charge < -0.3 is 15.5 Å². The number of carbonyl (C=O) groups is 2. The van der Waals surface area contributed by atoms with Gasteiger partial charge >= 0.3 is 6.03 Å². The largest absolute Gasteiger partial charge is 0.344 e. The van der Waals surface area contributed by atoms with Crippen molar-refractivity contribution in [3.63, 3.8) is 0 Å². The van der Waals surface area contributed by atoms with Gasteiger partial charge in [0.05, 0.1) is 6.54 Å². The molecule has 2 N–H and O–H groups in total. The van der Waals surface area contributed by atoms with Crippen LogP contribution in [0.3, 0.4) is 0 Å². The number of likely N-dealkylation sites (N-methyl/N-ethyl adjacent to an activating group) is 1. The Morgan fingerprint density at radius 1 is 1.30 bits per heavy atom. The van der Waals surface area contributed by atoms with Crippen molar-refractivity contribution in [1.82, 2.24) is 20.5 Å². The molecule has 0 saturated heterocycles. The molecule has 0 spiro atoms. The zero-order chi connectivity index (χ0) is 15.0. The molecule has 1 rings (SSSR count). The maximum Gasteiger partial charge on any atom is 0.315 e. The first kappa shape index (κ1) is 15.9. The van der Waals surface area contributed by atoms with Crippen LogP contribution in [0.5, 0.6) is 0 Å². The second-order valence-electron chi connectivity index (χ2n) is 4.90. The Kier molecular flexibility index (Phi) is 6.49. The molecule has 6 nitrogen and oxygen atoms in total. The Hall–Kier alpha value is -2.11. The second-order valence-corrected chi connectivity index (χ2v) is 4.90. The summed E-state index contributed by atoms with van der Waals surface area (Å²) >= 11 is 0. The number of urea groups is 1. The average molecular weight is 278 g/mol. The van der Waals surface area contributed by atoms with Gasteiger partial charge in [-0.15, -0.1) is 0 Å². The maximum atomic E-state index is 11.8. The summed E-state index contributed by atoms with van der Waals surface area (Å²) in [5.41, 5.74) is 1.13. The summed E-state index contributed by atoms with van der Waals surface area (Å²) in [6, 6.07) is 3.57. The quantitative estimate of drug-likeness (QED) is 0.808. The lowest BCUT2D eigenvalue weighted by atomic mass is 10.2. The van der Waals surface area contributed by atoms with Gasteiger partial charge in [0.25, 0.3) is 0 Å². The predicted molar refractivity (Wildman–Crippen MR) is 77.2 cm³/mol. The fraction of sp³-hybridized carbons (Fsp3) is 0.500. The lowest BCUT2D eigenvalue weighted by Crippen LogP contribution is -2.44. The molecule has 1 heterocycles. The van der Waals surface area contributed by atoms with Crippen molar-refractivity contribution in [2.75, 3.05) is 20.1 Å². The van der Waals surface area contributed by atoms with Crippen LogP contribution in [0.2, 0.25) is 0 Å². The van der Waals surface area contributed by atoms with Gasteiger partial charge in [-0.05, 0) is 38.0 Å². The Labute approximate surface area is 119 Å². The van der Waals surface area contributed by atoms with E-state index in [-0.39, 0.29) is 24.5 Å². The van der Waals surface area contributed by atoms with Crippen molar-refractivity contribution in [3.8, 4) is 0 Å². The van der Waals surface area contributed by atoms with E-state index in [0.29, 0.717) is 6.54 Å². The highest BCUT2D eigenvalue weighted by Crippen LogP contribution is 1.98. The van der Waals surface area contributed by atoms with Gasteiger partial charge in [0.2, 0.25) is 5.91 Å². The summed E-state index contributed by atoms with van der Waals surface area (Å²) in [7, 11) is 1.73. The fourth-order valence-electron chi connectivity index (χ4n) is 1.58. The van der Waals surface area contributed by atoms with Gasteiger partial charge in [-0.2, -0.15) is 0 Å². The molecule has 0 aromatic carbocycles. The molecule has 0 fully saturated rings. The van der Waals surface area contributed by atoms with Crippen molar-refractivity contribution in [1.29, 1.82) is 0 Å². The molecule has 0 aliphatic heterocycles. The minimum absolute atomic E-state index is 0.00536. The first-order chi connectivity index (χ1) is 9.49. The van der Waals surface area contributed by atoms with Crippen LogP contribution in [-0.2, 0) is 11.2 Å². The van der Waals surface area contributed by atoms with Crippen molar-refractivity contribution in [3.05, 3.63) is 30.1 Å². The van der Waals surface area contributed by atoms with Crippen LogP contribution >= 0.6 is 0 Å². The van der Waals surface area contributed by atoms with E-state index in [9.17, 15) is 9.59 Å². The van der Waals surface area contributed by atoms with Gasteiger partial charge in [0.15, 0.2) is 0 Å². The van der Waals surface area contributed by atoms with Gasteiger partial charge in [-0.3, -0.25) is 9.78 Å². The first-order valence-corrected chi connectivity index (χ1v) is 6.66. The zero-order valence-electron chi connectivity index (χ0n) is 12.2. The fourth-order valence-corrected chi connectivity index (χ4v) is 1.58. The topological polar surface area (TPSA) is 74.3 Å². The van der Waals surface area contributed by atoms with E-state index in [1.165, 1.54) is 0 Å². The normalized spacial score (nSPS) is 10.2. The number of pyridine rings is 1. The Bertz CT molecular complexity index is 434. The van der Waals surface area contributed by atoms with Gasteiger partial charge in [-0.1, -0.05) is 0 Å².